The van der Waals surface area contributed by atoms with E-state index in [2.05, 4.69) is 67.6 Å². The summed E-state index contributed by atoms with van der Waals surface area (Å²) in [7, 11) is 0. The van der Waals surface area contributed by atoms with Gasteiger partial charge in [-0.3, -0.25) is 0 Å². The molecule has 0 aliphatic heterocycles. The van der Waals surface area contributed by atoms with E-state index in [4.69, 9.17) is 11.6 Å². The van der Waals surface area contributed by atoms with Gasteiger partial charge in [-0.15, -0.1) is 0 Å². The second-order valence-electron chi connectivity index (χ2n) is 7.92. The lowest BCUT2D eigenvalue weighted by atomic mass is 9.71. The molecule has 0 aromatic heterocycles. The van der Waals surface area contributed by atoms with Gasteiger partial charge in [0.2, 0.25) is 0 Å². The lowest BCUT2D eigenvalue weighted by molar-refractivity contribution is 0.606. The first-order valence-corrected chi connectivity index (χ1v) is 10.2. The molecule has 0 saturated heterocycles. The molecule has 0 radical (unpaired) electrons. The molecule has 5 rings (SSSR count). The molecule has 0 spiro atoms. The fraction of sp³-hybridized carbons (Fsp3) is 0.231. The van der Waals surface area contributed by atoms with Crippen LogP contribution in [0.4, 0.5) is 0 Å². The molecule has 1 heteroatoms. The first kappa shape index (κ1) is 16.8. The van der Waals surface area contributed by atoms with E-state index in [1.54, 1.807) is 11.1 Å². The fourth-order valence-corrected chi connectivity index (χ4v) is 5.19. The fourth-order valence-electron chi connectivity index (χ4n) is 5.06. The van der Waals surface area contributed by atoms with Crippen molar-refractivity contribution in [2.45, 2.75) is 38.0 Å². The van der Waals surface area contributed by atoms with Crippen molar-refractivity contribution in [1.82, 2.24) is 0 Å². The Labute approximate surface area is 166 Å². The molecule has 0 saturated carbocycles. The van der Waals surface area contributed by atoms with Gasteiger partial charge < -0.3 is 0 Å². The largest absolute Gasteiger partial charge is 0.0843 e. The minimum Gasteiger partial charge on any atom is -0.0843 e. The van der Waals surface area contributed by atoms with Gasteiger partial charge >= 0.3 is 0 Å². The molecule has 0 fully saturated rings. The van der Waals surface area contributed by atoms with Crippen LogP contribution in [0.2, 0.25) is 5.02 Å². The number of hydrogen-bond acceptors (Lipinski definition) is 0. The summed E-state index contributed by atoms with van der Waals surface area (Å²) >= 11 is 6.19. The Morgan fingerprint density at radius 1 is 0.778 bits per heavy atom. The predicted molar refractivity (Wildman–Crippen MR) is 115 cm³/mol. The molecule has 0 bridgehead atoms. The Hall–Kier alpha value is -2.31. The molecule has 3 aromatic carbocycles. The maximum absolute atomic E-state index is 6.19. The van der Waals surface area contributed by atoms with E-state index < -0.39 is 0 Å². The first-order chi connectivity index (χ1) is 13.2. The second kappa shape index (κ2) is 6.39. The molecular formula is C26H23Cl. The average molecular weight is 371 g/mol. The number of allylic oxidation sites excluding steroid dienone is 2. The van der Waals surface area contributed by atoms with Crippen molar-refractivity contribution in [2.24, 2.45) is 0 Å². The van der Waals surface area contributed by atoms with E-state index in [9.17, 15) is 0 Å². The highest BCUT2D eigenvalue weighted by Crippen LogP contribution is 2.55. The summed E-state index contributed by atoms with van der Waals surface area (Å²) in [6.45, 7) is 2.41. The van der Waals surface area contributed by atoms with Crippen molar-refractivity contribution in [2.75, 3.05) is 0 Å². The Kier molecular flexibility index (Phi) is 3.98. The summed E-state index contributed by atoms with van der Waals surface area (Å²) in [5.74, 6) is 0. The maximum atomic E-state index is 6.19. The Bertz CT molecular complexity index is 1030. The van der Waals surface area contributed by atoms with Crippen LogP contribution in [0.1, 0.15) is 49.3 Å². The van der Waals surface area contributed by atoms with Gasteiger partial charge in [0.1, 0.15) is 0 Å². The third-order valence-electron chi connectivity index (χ3n) is 6.48. The molecule has 0 unspecified atom stereocenters. The molecule has 27 heavy (non-hydrogen) atoms. The number of fused-ring (bicyclic) bond motifs is 2. The molecule has 134 valence electrons. The van der Waals surface area contributed by atoms with Crippen LogP contribution in [0.5, 0.6) is 0 Å². The lowest BCUT2D eigenvalue weighted by Crippen LogP contribution is -2.24. The Balaban J connectivity index is 1.74. The molecule has 2 aliphatic carbocycles. The maximum Gasteiger partial charge on any atom is 0.0406 e. The van der Waals surface area contributed by atoms with Gasteiger partial charge in [0.15, 0.2) is 0 Å². The first-order valence-electron chi connectivity index (χ1n) is 9.87. The van der Waals surface area contributed by atoms with Crippen molar-refractivity contribution in [1.29, 1.82) is 0 Å². The SMILES string of the molecule is C[C@@]1(c2ccc(Cl)cc2)C2=C(CCCC2)c2ccc(-c3ccccc3)cc21. The van der Waals surface area contributed by atoms with Gasteiger partial charge in [0, 0.05) is 10.4 Å². The van der Waals surface area contributed by atoms with Gasteiger partial charge in [0.05, 0.1) is 0 Å². The van der Waals surface area contributed by atoms with Gasteiger partial charge in [-0.2, -0.15) is 0 Å². The summed E-state index contributed by atoms with van der Waals surface area (Å²) in [6, 6.07) is 26.3. The Morgan fingerprint density at radius 2 is 1.52 bits per heavy atom. The van der Waals surface area contributed by atoms with E-state index in [1.807, 2.05) is 12.1 Å². The smallest absolute Gasteiger partial charge is 0.0406 e. The monoisotopic (exact) mass is 370 g/mol. The average Bonchev–Trinajstić information content (AvgIpc) is 2.99. The van der Waals surface area contributed by atoms with Crippen LogP contribution in [0.15, 0.2) is 78.4 Å². The molecule has 0 nitrogen and oxygen atoms in total. The summed E-state index contributed by atoms with van der Waals surface area (Å²) in [5.41, 5.74) is 10.0. The quantitative estimate of drug-likeness (QED) is 0.434. The van der Waals surface area contributed by atoms with E-state index in [0.29, 0.717) is 0 Å². The second-order valence-corrected chi connectivity index (χ2v) is 8.36. The van der Waals surface area contributed by atoms with Crippen molar-refractivity contribution >= 4 is 17.2 Å². The van der Waals surface area contributed by atoms with E-state index in [1.165, 1.54) is 53.5 Å². The zero-order valence-electron chi connectivity index (χ0n) is 15.6. The van der Waals surface area contributed by atoms with Crippen LogP contribution in [0.3, 0.4) is 0 Å². The van der Waals surface area contributed by atoms with Crippen LogP contribution in [0, 0.1) is 0 Å². The molecule has 0 heterocycles. The highest BCUT2D eigenvalue weighted by atomic mass is 35.5. The highest BCUT2D eigenvalue weighted by Gasteiger charge is 2.43. The zero-order chi connectivity index (χ0) is 18.4. The van der Waals surface area contributed by atoms with Crippen LogP contribution in [-0.4, -0.2) is 0 Å². The third-order valence-corrected chi connectivity index (χ3v) is 6.74. The van der Waals surface area contributed by atoms with Gasteiger partial charge in [0.25, 0.3) is 0 Å². The van der Waals surface area contributed by atoms with E-state index in [-0.39, 0.29) is 5.41 Å². The molecular weight excluding hydrogens is 348 g/mol. The number of benzene rings is 3. The van der Waals surface area contributed by atoms with Crippen LogP contribution >= 0.6 is 11.6 Å². The molecule has 2 aliphatic rings. The van der Waals surface area contributed by atoms with Crippen LogP contribution in [0.25, 0.3) is 16.7 Å². The standard InChI is InChI=1S/C26H23Cl/c1-26(20-12-14-21(27)15-13-20)24-10-6-5-9-22(24)23-16-11-19(17-25(23)26)18-7-3-2-4-8-18/h2-4,7-8,11-17H,5-6,9-10H2,1H3/t26-/m1/s1. The minimum atomic E-state index is -0.0551. The van der Waals surface area contributed by atoms with Crippen molar-refractivity contribution < 1.29 is 0 Å². The lowest BCUT2D eigenvalue weighted by Gasteiger charge is -2.32. The minimum absolute atomic E-state index is 0.0551. The van der Waals surface area contributed by atoms with Crippen molar-refractivity contribution in [3.63, 3.8) is 0 Å². The molecule has 0 N–H and O–H groups in total. The molecule has 0 amide bonds. The topological polar surface area (TPSA) is 0 Å². The summed E-state index contributed by atoms with van der Waals surface area (Å²) < 4.78 is 0. The summed E-state index contributed by atoms with van der Waals surface area (Å²) in [4.78, 5) is 0. The highest BCUT2D eigenvalue weighted by molar-refractivity contribution is 6.30. The third kappa shape index (κ3) is 2.58. The summed E-state index contributed by atoms with van der Waals surface area (Å²) in [6.07, 6.45) is 5.00. The van der Waals surface area contributed by atoms with Crippen LogP contribution < -0.4 is 0 Å². The summed E-state index contributed by atoms with van der Waals surface area (Å²) in [5, 5.41) is 0.802. The van der Waals surface area contributed by atoms with Crippen molar-refractivity contribution in [3.05, 3.63) is 100 Å². The molecule has 3 aromatic rings. The van der Waals surface area contributed by atoms with Gasteiger partial charge in [-0.25, -0.2) is 0 Å². The van der Waals surface area contributed by atoms with Crippen molar-refractivity contribution in [3.8, 4) is 11.1 Å². The zero-order valence-corrected chi connectivity index (χ0v) is 16.4. The Morgan fingerprint density at radius 3 is 2.30 bits per heavy atom. The predicted octanol–water partition coefficient (Wildman–Crippen LogP) is 7.65. The number of halogens is 1. The van der Waals surface area contributed by atoms with Crippen LogP contribution in [-0.2, 0) is 5.41 Å². The number of hydrogen-bond donors (Lipinski definition) is 0. The number of rotatable bonds is 2. The van der Waals surface area contributed by atoms with E-state index in [0.717, 1.165) is 5.02 Å². The molecule has 1 atom stereocenters. The van der Waals surface area contributed by atoms with E-state index >= 15 is 0 Å². The normalized spacial score (nSPS) is 21.1. The van der Waals surface area contributed by atoms with Gasteiger partial charge in [-0.05, 0) is 84.2 Å². The van der Waals surface area contributed by atoms with Gasteiger partial charge in [-0.1, -0.05) is 71.8 Å².